The number of aromatic nitrogens is 1. The van der Waals surface area contributed by atoms with Crippen molar-refractivity contribution in [3.8, 4) is 0 Å². The quantitative estimate of drug-likeness (QED) is 0.780. The predicted molar refractivity (Wildman–Crippen MR) is 87.6 cm³/mol. The van der Waals surface area contributed by atoms with Crippen LogP contribution < -0.4 is 5.56 Å². The number of amides is 1. The first-order chi connectivity index (χ1) is 11.5. The monoisotopic (exact) mass is 326 g/mol. The Morgan fingerprint density at radius 3 is 2.67 bits per heavy atom. The highest BCUT2D eigenvalue weighted by Crippen LogP contribution is 2.31. The van der Waals surface area contributed by atoms with Crippen molar-refractivity contribution >= 4 is 11.9 Å². The van der Waals surface area contributed by atoms with Crippen LogP contribution in [0, 0.1) is 0 Å². The fourth-order valence-corrected chi connectivity index (χ4v) is 3.00. The van der Waals surface area contributed by atoms with Crippen molar-refractivity contribution in [2.75, 3.05) is 13.7 Å². The molecule has 24 heavy (non-hydrogen) atoms. The number of nitrogens with zero attached hydrogens (tertiary/aromatic N) is 2. The molecular formula is C18H18N2O4. The van der Waals surface area contributed by atoms with Gasteiger partial charge in [-0.15, -0.1) is 0 Å². The number of fused-ring (bicyclic) bond motifs is 1. The Morgan fingerprint density at radius 1 is 1.21 bits per heavy atom. The molecular weight excluding hydrogens is 308 g/mol. The lowest BCUT2D eigenvalue weighted by Crippen LogP contribution is -2.44. The van der Waals surface area contributed by atoms with Crippen LogP contribution in [0.15, 0.2) is 47.4 Å². The third-order valence-electron chi connectivity index (χ3n) is 4.32. The SMILES string of the molecule is COC(=O)C1c2ccccc2CCN1C(=O)c1ccn(C)c(=O)c1. The van der Waals surface area contributed by atoms with Gasteiger partial charge >= 0.3 is 5.97 Å². The first-order valence-corrected chi connectivity index (χ1v) is 7.66. The van der Waals surface area contributed by atoms with Crippen LogP contribution in [0.4, 0.5) is 0 Å². The second kappa shape index (κ2) is 6.31. The fourth-order valence-electron chi connectivity index (χ4n) is 3.00. The van der Waals surface area contributed by atoms with E-state index in [2.05, 4.69) is 0 Å². The Balaban J connectivity index is 2.02. The van der Waals surface area contributed by atoms with Crippen LogP contribution in [0.1, 0.15) is 27.5 Å². The normalized spacial score (nSPS) is 16.4. The highest BCUT2D eigenvalue weighted by atomic mass is 16.5. The Labute approximate surface area is 139 Å². The molecule has 1 amide bonds. The molecule has 2 aromatic rings. The maximum atomic E-state index is 12.9. The highest BCUT2D eigenvalue weighted by molar-refractivity contribution is 5.97. The molecule has 0 saturated heterocycles. The molecule has 0 saturated carbocycles. The smallest absolute Gasteiger partial charge is 0.333 e. The van der Waals surface area contributed by atoms with Crippen molar-refractivity contribution in [1.29, 1.82) is 0 Å². The second-order valence-electron chi connectivity index (χ2n) is 5.74. The Bertz CT molecular complexity index is 856. The third kappa shape index (κ3) is 2.71. The Morgan fingerprint density at radius 2 is 1.96 bits per heavy atom. The van der Waals surface area contributed by atoms with Crippen LogP contribution in [0.25, 0.3) is 0 Å². The van der Waals surface area contributed by atoms with E-state index < -0.39 is 12.0 Å². The number of carbonyl (C=O) groups is 2. The first kappa shape index (κ1) is 16.0. The molecule has 0 N–H and O–H groups in total. The maximum absolute atomic E-state index is 12.9. The number of pyridine rings is 1. The lowest BCUT2D eigenvalue weighted by atomic mass is 9.92. The number of rotatable bonds is 2. The topological polar surface area (TPSA) is 68.6 Å². The molecule has 1 unspecified atom stereocenters. The Kier molecular flexibility index (Phi) is 4.20. The number of benzene rings is 1. The minimum Gasteiger partial charge on any atom is -0.467 e. The summed E-state index contributed by atoms with van der Waals surface area (Å²) in [6, 6.07) is 9.60. The summed E-state index contributed by atoms with van der Waals surface area (Å²) in [6.45, 7) is 0.394. The molecule has 1 aromatic carbocycles. The number of ether oxygens (including phenoxy) is 1. The van der Waals surface area contributed by atoms with E-state index in [4.69, 9.17) is 4.74 Å². The fraction of sp³-hybridized carbons (Fsp3) is 0.278. The van der Waals surface area contributed by atoms with Gasteiger partial charge in [0, 0.05) is 31.4 Å². The van der Waals surface area contributed by atoms with E-state index >= 15 is 0 Å². The standard InChI is InChI=1S/C18H18N2O4/c1-19-9-7-13(11-15(19)21)17(22)20-10-8-12-5-3-4-6-14(12)16(20)18(23)24-2/h3-7,9,11,16H,8,10H2,1-2H3. The van der Waals surface area contributed by atoms with Gasteiger partial charge in [-0.2, -0.15) is 0 Å². The summed E-state index contributed by atoms with van der Waals surface area (Å²) >= 11 is 0. The number of methoxy groups -OCH3 is 1. The number of esters is 1. The van der Waals surface area contributed by atoms with Gasteiger partial charge in [0.2, 0.25) is 0 Å². The van der Waals surface area contributed by atoms with E-state index in [0.29, 0.717) is 13.0 Å². The van der Waals surface area contributed by atoms with Gasteiger partial charge in [-0.3, -0.25) is 9.59 Å². The summed E-state index contributed by atoms with van der Waals surface area (Å²) in [5, 5.41) is 0. The minimum atomic E-state index is -0.795. The van der Waals surface area contributed by atoms with Crippen LogP contribution in [0.5, 0.6) is 0 Å². The molecule has 1 aliphatic heterocycles. The van der Waals surface area contributed by atoms with E-state index in [1.165, 1.54) is 22.6 Å². The van der Waals surface area contributed by atoms with Gasteiger partial charge in [0.25, 0.3) is 11.5 Å². The van der Waals surface area contributed by atoms with E-state index in [-0.39, 0.29) is 17.0 Å². The van der Waals surface area contributed by atoms with E-state index in [1.54, 1.807) is 19.3 Å². The molecule has 6 nitrogen and oxygen atoms in total. The third-order valence-corrected chi connectivity index (χ3v) is 4.32. The van der Waals surface area contributed by atoms with Gasteiger partial charge < -0.3 is 14.2 Å². The van der Waals surface area contributed by atoms with Crippen molar-refractivity contribution in [2.45, 2.75) is 12.5 Å². The maximum Gasteiger partial charge on any atom is 0.333 e. The molecule has 0 fully saturated rings. The van der Waals surface area contributed by atoms with Gasteiger partial charge in [0.15, 0.2) is 6.04 Å². The van der Waals surface area contributed by atoms with Crippen LogP contribution in [-0.2, 0) is 23.0 Å². The van der Waals surface area contributed by atoms with Crippen LogP contribution >= 0.6 is 0 Å². The molecule has 0 radical (unpaired) electrons. The number of aryl methyl sites for hydroxylation is 1. The number of carbonyl (C=O) groups excluding carboxylic acids is 2. The average molecular weight is 326 g/mol. The van der Waals surface area contributed by atoms with Crippen LogP contribution in [-0.4, -0.2) is 35.0 Å². The zero-order chi connectivity index (χ0) is 17.3. The lowest BCUT2D eigenvalue weighted by molar-refractivity contribution is -0.146. The summed E-state index contributed by atoms with van der Waals surface area (Å²) in [4.78, 5) is 38.5. The predicted octanol–water partition coefficient (Wildman–Crippen LogP) is 1.30. The van der Waals surface area contributed by atoms with Gasteiger partial charge in [0.05, 0.1) is 7.11 Å². The molecule has 3 rings (SSSR count). The van der Waals surface area contributed by atoms with Gasteiger partial charge in [-0.1, -0.05) is 24.3 Å². The van der Waals surface area contributed by atoms with Crippen molar-refractivity contribution in [3.63, 3.8) is 0 Å². The summed E-state index contributed by atoms with van der Waals surface area (Å²) in [7, 11) is 2.92. The largest absolute Gasteiger partial charge is 0.467 e. The van der Waals surface area contributed by atoms with Gasteiger partial charge in [-0.25, -0.2) is 4.79 Å². The minimum absolute atomic E-state index is 0.270. The highest BCUT2D eigenvalue weighted by Gasteiger charge is 2.37. The average Bonchev–Trinajstić information content (AvgIpc) is 2.61. The summed E-state index contributed by atoms with van der Waals surface area (Å²) < 4.78 is 6.30. The molecule has 124 valence electrons. The molecule has 1 aromatic heterocycles. The first-order valence-electron chi connectivity index (χ1n) is 7.66. The molecule has 1 atom stereocenters. The van der Waals surface area contributed by atoms with Crippen molar-refractivity contribution in [3.05, 3.63) is 69.6 Å². The number of hydrogen-bond donors (Lipinski definition) is 0. The molecule has 0 spiro atoms. The van der Waals surface area contributed by atoms with Gasteiger partial charge in [0.1, 0.15) is 0 Å². The van der Waals surface area contributed by atoms with Crippen molar-refractivity contribution in [1.82, 2.24) is 9.47 Å². The summed E-state index contributed by atoms with van der Waals surface area (Å²) in [5.74, 6) is -0.836. The molecule has 1 aliphatic rings. The molecule has 0 aliphatic carbocycles. The van der Waals surface area contributed by atoms with Crippen LogP contribution in [0.2, 0.25) is 0 Å². The van der Waals surface area contributed by atoms with Crippen LogP contribution in [0.3, 0.4) is 0 Å². The van der Waals surface area contributed by atoms with E-state index in [9.17, 15) is 14.4 Å². The number of hydrogen-bond acceptors (Lipinski definition) is 4. The zero-order valence-corrected chi connectivity index (χ0v) is 13.6. The molecule has 6 heteroatoms. The van der Waals surface area contributed by atoms with Crippen molar-refractivity contribution in [2.24, 2.45) is 7.05 Å². The van der Waals surface area contributed by atoms with E-state index in [1.807, 2.05) is 24.3 Å². The van der Waals surface area contributed by atoms with E-state index in [0.717, 1.165) is 11.1 Å². The lowest BCUT2D eigenvalue weighted by Gasteiger charge is -2.35. The molecule has 0 bridgehead atoms. The molecule has 2 heterocycles. The second-order valence-corrected chi connectivity index (χ2v) is 5.74. The zero-order valence-electron chi connectivity index (χ0n) is 13.6. The van der Waals surface area contributed by atoms with Crippen molar-refractivity contribution < 1.29 is 14.3 Å². The Hall–Kier alpha value is -2.89. The van der Waals surface area contributed by atoms with Gasteiger partial charge in [-0.05, 0) is 23.6 Å². The summed E-state index contributed by atoms with van der Waals surface area (Å²) in [6.07, 6.45) is 2.20. The summed E-state index contributed by atoms with van der Waals surface area (Å²) in [5.41, 5.74) is 1.80.